The lowest BCUT2D eigenvalue weighted by molar-refractivity contribution is -0.129. The minimum absolute atomic E-state index is 0.150. The second-order valence-electron chi connectivity index (χ2n) is 3.81. The van der Waals surface area contributed by atoms with Crippen LogP contribution < -0.4 is 0 Å². The fourth-order valence-corrected chi connectivity index (χ4v) is 2.19. The third-order valence-electron chi connectivity index (χ3n) is 2.88. The summed E-state index contributed by atoms with van der Waals surface area (Å²) < 4.78 is 0. The minimum Gasteiger partial charge on any atom is -0.476 e. The zero-order valence-electron chi connectivity index (χ0n) is 8.53. The Bertz CT molecular complexity index is 611. The Labute approximate surface area is 91.6 Å². The molecule has 1 aromatic heterocycles. The predicted molar refractivity (Wildman–Crippen MR) is 61.0 cm³/mol. The molecule has 0 fully saturated rings. The van der Waals surface area contributed by atoms with E-state index in [4.69, 9.17) is 5.11 Å². The van der Waals surface area contributed by atoms with Gasteiger partial charge in [0.2, 0.25) is 0 Å². The number of nitrogens with one attached hydrogen (secondary N) is 1. The van der Waals surface area contributed by atoms with Gasteiger partial charge in [0.05, 0.1) is 5.69 Å². The van der Waals surface area contributed by atoms with Gasteiger partial charge >= 0.3 is 5.97 Å². The lowest BCUT2D eigenvalue weighted by Crippen LogP contribution is -2.21. The van der Waals surface area contributed by atoms with E-state index in [0.29, 0.717) is 12.2 Å². The number of benzene rings is 1. The van der Waals surface area contributed by atoms with E-state index in [1.165, 1.54) is 0 Å². The molecule has 1 aliphatic heterocycles. The van der Waals surface area contributed by atoms with E-state index in [-0.39, 0.29) is 5.71 Å². The molecule has 2 N–H and O–H groups in total. The fourth-order valence-electron chi connectivity index (χ4n) is 2.19. The zero-order chi connectivity index (χ0) is 11.1. The summed E-state index contributed by atoms with van der Waals surface area (Å²) in [6.45, 7) is 0.552. The van der Waals surface area contributed by atoms with Gasteiger partial charge in [-0.2, -0.15) is 0 Å². The molecular weight excluding hydrogens is 204 g/mol. The number of carboxylic acids is 1. The number of aromatic nitrogens is 1. The summed E-state index contributed by atoms with van der Waals surface area (Å²) >= 11 is 0. The summed E-state index contributed by atoms with van der Waals surface area (Å²) in [4.78, 5) is 18.2. The molecule has 4 nitrogen and oxygen atoms in total. The van der Waals surface area contributed by atoms with E-state index in [2.05, 4.69) is 9.98 Å². The van der Waals surface area contributed by atoms with Crippen molar-refractivity contribution < 1.29 is 9.90 Å². The van der Waals surface area contributed by atoms with Crippen LogP contribution in [0.5, 0.6) is 0 Å². The number of carbonyl (C=O) groups is 1. The summed E-state index contributed by atoms with van der Waals surface area (Å²) in [7, 11) is 0. The number of carboxylic acid groups (broad SMARTS) is 1. The van der Waals surface area contributed by atoms with Crippen LogP contribution in [0.2, 0.25) is 0 Å². The number of para-hydroxylation sites is 1. The maximum Gasteiger partial charge on any atom is 0.356 e. The highest BCUT2D eigenvalue weighted by Crippen LogP contribution is 2.25. The molecule has 0 bridgehead atoms. The van der Waals surface area contributed by atoms with E-state index in [1.54, 1.807) is 0 Å². The number of aromatic amines is 1. The van der Waals surface area contributed by atoms with Gasteiger partial charge in [0.15, 0.2) is 5.71 Å². The van der Waals surface area contributed by atoms with E-state index >= 15 is 0 Å². The Balaban J connectivity index is 2.31. The number of nitrogens with zero attached hydrogens (tertiary/aromatic N) is 1. The molecular formula is C12H10N2O2. The molecule has 16 heavy (non-hydrogen) atoms. The second kappa shape index (κ2) is 3.20. The fraction of sp³-hybridized carbons (Fsp3) is 0.167. The SMILES string of the molecule is O=C(O)C1=NCCc2c1[nH]c1ccccc21. The highest BCUT2D eigenvalue weighted by atomic mass is 16.4. The summed E-state index contributed by atoms with van der Waals surface area (Å²) in [5.41, 5.74) is 2.86. The first-order valence-corrected chi connectivity index (χ1v) is 5.15. The van der Waals surface area contributed by atoms with E-state index < -0.39 is 5.97 Å². The van der Waals surface area contributed by atoms with Crippen LogP contribution in [0.1, 0.15) is 11.3 Å². The van der Waals surface area contributed by atoms with Crippen molar-refractivity contribution in [2.24, 2.45) is 4.99 Å². The van der Waals surface area contributed by atoms with Crippen LogP contribution in [0.3, 0.4) is 0 Å². The molecule has 0 unspecified atom stereocenters. The van der Waals surface area contributed by atoms with Gasteiger partial charge in [-0.25, -0.2) is 4.79 Å². The molecule has 0 spiro atoms. The number of hydrogen-bond acceptors (Lipinski definition) is 2. The molecule has 0 saturated carbocycles. The maximum absolute atomic E-state index is 11.0. The molecule has 0 radical (unpaired) electrons. The van der Waals surface area contributed by atoms with Gasteiger partial charge in [-0.15, -0.1) is 0 Å². The van der Waals surface area contributed by atoms with Crippen molar-refractivity contribution in [3.63, 3.8) is 0 Å². The van der Waals surface area contributed by atoms with Crippen molar-refractivity contribution in [2.75, 3.05) is 6.54 Å². The van der Waals surface area contributed by atoms with Crippen LogP contribution in [0.15, 0.2) is 29.3 Å². The average Bonchev–Trinajstić information content (AvgIpc) is 2.67. The topological polar surface area (TPSA) is 65.4 Å². The van der Waals surface area contributed by atoms with E-state index in [9.17, 15) is 4.79 Å². The van der Waals surface area contributed by atoms with Gasteiger partial charge in [-0.05, 0) is 18.1 Å². The summed E-state index contributed by atoms with van der Waals surface area (Å²) in [6, 6.07) is 7.85. The van der Waals surface area contributed by atoms with E-state index in [0.717, 1.165) is 22.9 Å². The van der Waals surface area contributed by atoms with Crippen LogP contribution in [0.25, 0.3) is 10.9 Å². The molecule has 0 atom stereocenters. The van der Waals surface area contributed by atoms with Crippen molar-refractivity contribution in [1.82, 2.24) is 4.98 Å². The predicted octanol–water partition coefficient (Wildman–Crippen LogP) is 1.60. The van der Waals surface area contributed by atoms with Crippen LogP contribution in [-0.4, -0.2) is 28.3 Å². The Hall–Kier alpha value is -2.10. The minimum atomic E-state index is -0.965. The summed E-state index contributed by atoms with van der Waals surface area (Å²) in [6.07, 6.45) is 0.802. The quantitative estimate of drug-likeness (QED) is 0.757. The van der Waals surface area contributed by atoms with Crippen molar-refractivity contribution in [3.05, 3.63) is 35.5 Å². The molecule has 4 heteroatoms. The number of rotatable bonds is 1. The highest BCUT2D eigenvalue weighted by Gasteiger charge is 2.23. The lowest BCUT2D eigenvalue weighted by Gasteiger charge is -2.09. The van der Waals surface area contributed by atoms with Crippen LogP contribution >= 0.6 is 0 Å². The molecule has 0 aliphatic carbocycles. The monoisotopic (exact) mass is 214 g/mol. The molecule has 80 valence electrons. The lowest BCUT2D eigenvalue weighted by atomic mass is 10.0. The molecule has 2 heterocycles. The summed E-state index contributed by atoms with van der Waals surface area (Å²) in [5, 5.41) is 10.2. The number of hydrogen-bond donors (Lipinski definition) is 2. The number of aliphatic imine (C=N–C) groups is 1. The maximum atomic E-state index is 11.0. The first-order valence-electron chi connectivity index (χ1n) is 5.15. The molecule has 3 rings (SSSR count). The number of fused-ring (bicyclic) bond motifs is 3. The van der Waals surface area contributed by atoms with E-state index in [1.807, 2.05) is 24.3 Å². The summed E-state index contributed by atoms with van der Waals surface area (Å²) in [5.74, 6) is -0.965. The second-order valence-corrected chi connectivity index (χ2v) is 3.81. The highest BCUT2D eigenvalue weighted by molar-refractivity contribution is 6.43. The van der Waals surface area contributed by atoms with Gasteiger partial charge in [0, 0.05) is 17.4 Å². The molecule has 0 saturated heterocycles. The third kappa shape index (κ3) is 1.16. The van der Waals surface area contributed by atoms with Crippen molar-refractivity contribution in [3.8, 4) is 0 Å². The molecule has 0 amide bonds. The Kier molecular flexibility index (Phi) is 1.83. The first-order chi connectivity index (χ1) is 7.77. The van der Waals surface area contributed by atoms with Gasteiger partial charge in [0.1, 0.15) is 0 Å². The van der Waals surface area contributed by atoms with Crippen LogP contribution in [-0.2, 0) is 11.2 Å². The van der Waals surface area contributed by atoms with Gasteiger partial charge in [-0.3, -0.25) is 4.99 Å². The van der Waals surface area contributed by atoms with Gasteiger partial charge in [0.25, 0.3) is 0 Å². The average molecular weight is 214 g/mol. The standard InChI is InChI=1S/C12H10N2O2/c15-12(16)11-10-8(5-6-13-11)7-3-1-2-4-9(7)14-10/h1-4,14H,5-6H2,(H,15,16). The Morgan fingerprint density at radius 3 is 3.00 bits per heavy atom. The largest absolute Gasteiger partial charge is 0.476 e. The Morgan fingerprint density at radius 1 is 1.38 bits per heavy atom. The number of H-pyrrole nitrogens is 1. The normalized spacial score (nSPS) is 14.6. The third-order valence-corrected chi connectivity index (χ3v) is 2.88. The molecule has 2 aromatic rings. The van der Waals surface area contributed by atoms with Crippen molar-refractivity contribution in [2.45, 2.75) is 6.42 Å². The molecule has 1 aromatic carbocycles. The van der Waals surface area contributed by atoms with Crippen LogP contribution in [0, 0.1) is 0 Å². The zero-order valence-corrected chi connectivity index (χ0v) is 8.53. The first kappa shape index (κ1) is 9.15. The number of aliphatic carboxylic acids is 1. The molecule has 1 aliphatic rings. The smallest absolute Gasteiger partial charge is 0.356 e. The van der Waals surface area contributed by atoms with Crippen LogP contribution in [0.4, 0.5) is 0 Å². The van der Waals surface area contributed by atoms with Crippen molar-refractivity contribution in [1.29, 1.82) is 0 Å². The van der Waals surface area contributed by atoms with Gasteiger partial charge < -0.3 is 10.1 Å². The van der Waals surface area contributed by atoms with Crippen molar-refractivity contribution >= 4 is 22.6 Å². The Morgan fingerprint density at radius 2 is 2.19 bits per heavy atom. The van der Waals surface area contributed by atoms with Gasteiger partial charge in [-0.1, -0.05) is 18.2 Å².